The van der Waals surface area contributed by atoms with E-state index < -0.39 is 30.0 Å². The maximum absolute atomic E-state index is 12.1. The number of nitro benzene ring substituents is 1. The number of aryl methyl sites for hydroxylation is 2. The van der Waals surface area contributed by atoms with E-state index in [1.165, 1.54) is 18.2 Å². The van der Waals surface area contributed by atoms with Gasteiger partial charge in [-0.15, -0.1) is 0 Å². The largest absolute Gasteiger partial charge is 0.456 e. The molecule has 0 atom stereocenters. The SMILES string of the molecule is Cc1ccc(C(=O)COC(=O)CNC(=O)c2cccc([N+](=O)[O-])c2)c(C)c1. The third-order valence-corrected chi connectivity index (χ3v) is 3.76. The highest BCUT2D eigenvalue weighted by Crippen LogP contribution is 2.13. The monoisotopic (exact) mass is 370 g/mol. The molecule has 0 aliphatic heterocycles. The second-order valence-electron chi connectivity index (χ2n) is 5.89. The first-order chi connectivity index (χ1) is 12.8. The second-order valence-corrected chi connectivity index (χ2v) is 5.89. The van der Waals surface area contributed by atoms with Gasteiger partial charge < -0.3 is 10.1 Å². The number of ether oxygens (including phenoxy) is 1. The van der Waals surface area contributed by atoms with Crippen LogP contribution in [0.2, 0.25) is 0 Å². The summed E-state index contributed by atoms with van der Waals surface area (Å²) in [5.41, 5.74) is 2.08. The van der Waals surface area contributed by atoms with Crippen LogP contribution in [0.1, 0.15) is 31.8 Å². The minimum absolute atomic E-state index is 0.0448. The molecule has 140 valence electrons. The molecule has 8 nitrogen and oxygen atoms in total. The fourth-order valence-corrected chi connectivity index (χ4v) is 2.42. The van der Waals surface area contributed by atoms with Crippen LogP contribution < -0.4 is 5.32 Å². The number of nitrogens with one attached hydrogen (secondary N) is 1. The summed E-state index contributed by atoms with van der Waals surface area (Å²) in [6.07, 6.45) is 0. The van der Waals surface area contributed by atoms with E-state index in [1.54, 1.807) is 19.1 Å². The predicted molar refractivity (Wildman–Crippen MR) is 96.6 cm³/mol. The number of hydrogen-bond acceptors (Lipinski definition) is 6. The highest BCUT2D eigenvalue weighted by molar-refractivity contribution is 6.00. The number of rotatable bonds is 7. The summed E-state index contributed by atoms with van der Waals surface area (Å²) in [7, 11) is 0. The molecule has 0 aromatic heterocycles. The molecule has 1 amide bonds. The lowest BCUT2D eigenvalue weighted by Gasteiger charge is -2.08. The van der Waals surface area contributed by atoms with Crippen LogP contribution in [0.4, 0.5) is 5.69 Å². The van der Waals surface area contributed by atoms with Gasteiger partial charge in [0.2, 0.25) is 5.78 Å². The van der Waals surface area contributed by atoms with E-state index in [0.717, 1.165) is 17.2 Å². The number of carbonyl (C=O) groups excluding carboxylic acids is 3. The first-order valence-electron chi connectivity index (χ1n) is 8.06. The van der Waals surface area contributed by atoms with Crippen LogP contribution in [0.25, 0.3) is 0 Å². The van der Waals surface area contributed by atoms with E-state index in [2.05, 4.69) is 5.32 Å². The van der Waals surface area contributed by atoms with Crippen molar-refractivity contribution in [3.05, 3.63) is 74.8 Å². The van der Waals surface area contributed by atoms with E-state index in [0.29, 0.717) is 5.56 Å². The predicted octanol–water partition coefficient (Wildman–Crippen LogP) is 2.37. The zero-order valence-electron chi connectivity index (χ0n) is 14.9. The van der Waals surface area contributed by atoms with Gasteiger partial charge in [-0.1, -0.05) is 29.8 Å². The van der Waals surface area contributed by atoms with Gasteiger partial charge in [-0.2, -0.15) is 0 Å². The van der Waals surface area contributed by atoms with Gasteiger partial charge in [0, 0.05) is 23.3 Å². The molecular weight excluding hydrogens is 352 g/mol. The molecule has 0 bridgehead atoms. The molecule has 0 radical (unpaired) electrons. The maximum atomic E-state index is 12.1. The number of esters is 1. The van der Waals surface area contributed by atoms with Crippen molar-refractivity contribution < 1.29 is 24.0 Å². The molecule has 2 aromatic rings. The van der Waals surface area contributed by atoms with E-state index >= 15 is 0 Å². The van der Waals surface area contributed by atoms with Crippen LogP contribution in [0, 0.1) is 24.0 Å². The van der Waals surface area contributed by atoms with Crippen molar-refractivity contribution in [2.45, 2.75) is 13.8 Å². The molecule has 0 aliphatic carbocycles. The van der Waals surface area contributed by atoms with E-state index in [-0.39, 0.29) is 17.0 Å². The topological polar surface area (TPSA) is 116 Å². The summed E-state index contributed by atoms with van der Waals surface area (Å²) in [6, 6.07) is 10.4. The van der Waals surface area contributed by atoms with Crippen LogP contribution >= 0.6 is 0 Å². The van der Waals surface area contributed by atoms with E-state index in [4.69, 9.17) is 4.74 Å². The van der Waals surface area contributed by atoms with Crippen molar-refractivity contribution in [3.8, 4) is 0 Å². The van der Waals surface area contributed by atoms with Crippen molar-refractivity contribution in [2.75, 3.05) is 13.2 Å². The molecule has 0 spiro atoms. The van der Waals surface area contributed by atoms with Crippen molar-refractivity contribution >= 4 is 23.3 Å². The zero-order valence-corrected chi connectivity index (χ0v) is 14.9. The lowest BCUT2D eigenvalue weighted by Crippen LogP contribution is -2.31. The standard InChI is InChI=1S/C19H18N2O6/c1-12-6-7-16(13(2)8-12)17(22)11-27-18(23)10-20-19(24)14-4-3-5-15(9-14)21(25)26/h3-9H,10-11H2,1-2H3,(H,20,24). The Morgan fingerprint density at radius 1 is 1.11 bits per heavy atom. The molecule has 2 aromatic carbocycles. The highest BCUT2D eigenvalue weighted by atomic mass is 16.6. The molecule has 0 saturated carbocycles. The van der Waals surface area contributed by atoms with Gasteiger partial charge in [0.1, 0.15) is 6.54 Å². The van der Waals surface area contributed by atoms with Crippen LogP contribution in [0.3, 0.4) is 0 Å². The number of benzene rings is 2. The van der Waals surface area contributed by atoms with Crippen molar-refractivity contribution in [3.63, 3.8) is 0 Å². The molecule has 8 heteroatoms. The Morgan fingerprint density at radius 3 is 2.52 bits per heavy atom. The van der Waals surface area contributed by atoms with Gasteiger partial charge in [0.05, 0.1) is 4.92 Å². The summed E-state index contributed by atoms with van der Waals surface area (Å²) in [6.45, 7) is 2.81. The summed E-state index contributed by atoms with van der Waals surface area (Å²) in [5.74, 6) is -1.78. The first-order valence-corrected chi connectivity index (χ1v) is 8.06. The molecule has 2 rings (SSSR count). The molecule has 0 fully saturated rings. The third-order valence-electron chi connectivity index (χ3n) is 3.76. The van der Waals surface area contributed by atoms with Gasteiger partial charge in [-0.3, -0.25) is 24.5 Å². The maximum Gasteiger partial charge on any atom is 0.325 e. The van der Waals surface area contributed by atoms with Crippen LogP contribution in [0.15, 0.2) is 42.5 Å². The minimum atomic E-state index is -0.785. The molecule has 0 unspecified atom stereocenters. The van der Waals surface area contributed by atoms with Crippen LogP contribution in [0.5, 0.6) is 0 Å². The Hall–Kier alpha value is -3.55. The average molecular weight is 370 g/mol. The number of nitrogens with zero attached hydrogens (tertiary/aromatic N) is 1. The molecule has 0 aliphatic rings. The average Bonchev–Trinajstić information content (AvgIpc) is 2.64. The number of amides is 1. The summed E-state index contributed by atoms with van der Waals surface area (Å²) >= 11 is 0. The third kappa shape index (κ3) is 5.46. The lowest BCUT2D eigenvalue weighted by molar-refractivity contribution is -0.384. The van der Waals surface area contributed by atoms with E-state index in [9.17, 15) is 24.5 Å². The highest BCUT2D eigenvalue weighted by Gasteiger charge is 2.15. The number of carbonyl (C=O) groups is 3. The summed E-state index contributed by atoms with van der Waals surface area (Å²) < 4.78 is 4.88. The normalized spacial score (nSPS) is 10.1. The zero-order chi connectivity index (χ0) is 20.0. The van der Waals surface area contributed by atoms with Gasteiger partial charge in [0.25, 0.3) is 11.6 Å². The number of ketones is 1. The quantitative estimate of drug-likeness (QED) is 0.346. The Balaban J connectivity index is 1.85. The lowest BCUT2D eigenvalue weighted by atomic mass is 10.0. The molecule has 1 N–H and O–H groups in total. The Bertz CT molecular complexity index is 907. The number of nitro groups is 1. The fraction of sp³-hybridized carbons (Fsp3) is 0.211. The van der Waals surface area contributed by atoms with Crippen molar-refractivity contribution in [2.24, 2.45) is 0 Å². The summed E-state index contributed by atoms with van der Waals surface area (Å²) in [5, 5.41) is 13.0. The Kier molecular flexibility index (Phi) is 6.37. The van der Waals surface area contributed by atoms with Crippen molar-refractivity contribution in [1.82, 2.24) is 5.32 Å². The van der Waals surface area contributed by atoms with Gasteiger partial charge in [-0.25, -0.2) is 0 Å². The van der Waals surface area contributed by atoms with E-state index in [1.807, 2.05) is 13.0 Å². The van der Waals surface area contributed by atoms with Crippen LogP contribution in [-0.4, -0.2) is 35.7 Å². The number of hydrogen-bond donors (Lipinski definition) is 1. The van der Waals surface area contributed by atoms with Gasteiger partial charge >= 0.3 is 5.97 Å². The smallest absolute Gasteiger partial charge is 0.325 e. The molecule has 0 saturated heterocycles. The number of Topliss-reactive ketones (excluding diaryl/α,β-unsaturated/α-hetero) is 1. The Morgan fingerprint density at radius 2 is 1.85 bits per heavy atom. The Labute approximate surface area is 155 Å². The second kappa shape index (κ2) is 8.70. The van der Waals surface area contributed by atoms with Gasteiger partial charge in [0.15, 0.2) is 6.61 Å². The molecule has 27 heavy (non-hydrogen) atoms. The molecule has 0 heterocycles. The first kappa shape index (κ1) is 19.8. The fourth-order valence-electron chi connectivity index (χ4n) is 2.42. The minimum Gasteiger partial charge on any atom is -0.456 e. The molecular formula is C19H18N2O6. The van der Waals surface area contributed by atoms with Crippen molar-refractivity contribution in [1.29, 1.82) is 0 Å². The number of non-ortho nitro benzene ring substituents is 1. The van der Waals surface area contributed by atoms with Gasteiger partial charge in [-0.05, 0) is 25.5 Å². The van der Waals surface area contributed by atoms with Crippen LogP contribution in [-0.2, 0) is 9.53 Å². The summed E-state index contributed by atoms with van der Waals surface area (Å²) in [4.78, 5) is 45.9.